The van der Waals surface area contributed by atoms with Gasteiger partial charge in [-0.3, -0.25) is 9.48 Å². The zero-order valence-electron chi connectivity index (χ0n) is 18.1. The molecule has 0 radical (unpaired) electrons. The van der Waals surface area contributed by atoms with E-state index in [0.717, 1.165) is 42.6 Å². The molecule has 1 amide bonds. The molecule has 1 fully saturated rings. The number of benzene rings is 2. The lowest BCUT2D eigenvalue weighted by molar-refractivity contribution is 0.0630. The second-order valence-electron chi connectivity index (χ2n) is 8.12. The second-order valence-corrected chi connectivity index (χ2v) is 8.12. The van der Waals surface area contributed by atoms with Crippen molar-refractivity contribution in [2.75, 3.05) is 33.2 Å². The van der Waals surface area contributed by atoms with Gasteiger partial charge in [-0.25, -0.2) is 0 Å². The van der Waals surface area contributed by atoms with Crippen molar-refractivity contribution in [2.45, 2.75) is 13.2 Å². The maximum absolute atomic E-state index is 12.8. The van der Waals surface area contributed by atoms with Gasteiger partial charge in [0.1, 0.15) is 12.4 Å². The first-order valence-electron chi connectivity index (χ1n) is 10.9. The number of furan rings is 1. The fourth-order valence-electron chi connectivity index (χ4n) is 3.94. The smallest absolute Gasteiger partial charge is 0.289 e. The van der Waals surface area contributed by atoms with Crippen molar-refractivity contribution in [3.05, 3.63) is 83.8 Å². The van der Waals surface area contributed by atoms with Gasteiger partial charge in [0, 0.05) is 26.2 Å². The average Bonchev–Trinajstić information content (AvgIpc) is 3.44. The van der Waals surface area contributed by atoms with E-state index in [1.807, 2.05) is 70.2 Å². The van der Waals surface area contributed by atoms with Crippen molar-refractivity contribution >= 4 is 16.8 Å². The van der Waals surface area contributed by atoms with Crippen LogP contribution < -0.4 is 4.74 Å². The topological polar surface area (TPSA) is 63.7 Å². The Balaban J connectivity index is 1.33. The van der Waals surface area contributed by atoms with E-state index in [1.165, 1.54) is 0 Å². The van der Waals surface area contributed by atoms with Crippen molar-refractivity contribution in [1.82, 2.24) is 19.6 Å². The maximum atomic E-state index is 12.8. The number of hydrogen-bond donors (Lipinski definition) is 0. The molecule has 2 aromatic carbocycles. The monoisotopic (exact) mass is 430 g/mol. The predicted molar refractivity (Wildman–Crippen MR) is 122 cm³/mol. The molecule has 7 nitrogen and oxygen atoms in total. The number of para-hydroxylation sites is 1. The summed E-state index contributed by atoms with van der Waals surface area (Å²) in [5.74, 6) is 1.60. The summed E-state index contributed by atoms with van der Waals surface area (Å²) in [6, 6.07) is 21.6. The number of fused-ring (bicyclic) bond motifs is 1. The number of rotatable bonds is 6. The minimum absolute atomic E-state index is 0.0541. The van der Waals surface area contributed by atoms with Gasteiger partial charge in [0.2, 0.25) is 5.88 Å². The highest BCUT2D eigenvalue weighted by Crippen LogP contribution is 2.26. The standard InChI is InChI=1S/C25H26N4O3/c1-27-13-15-28(16-14-27)25(30)23-12-11-20(32-23)17-29-22-10-6-5-9-21(22)24(26-29)31-18-19-7-3-2-4-8-19/h2-12H,13-18H2,1H3. The predicted octanol–water partition coefficient (Wildman–Crippen LogP) is 3.64. The first kappa shape index (κ1) is 20.3. The lowest BCUT2D eigenvalue weighted by atomic mass is 10.2. The van der Waals surface area contributed by atoms with E-state index >= 15 is 0 Å². The molecule has 7 heteroatoms. The Labute approximate surface area is 186 Å². The Kier molecular flexibility index (Phi) is 5.64. The minimum Gasteiger partial charge on any atom is -0.471 e. The maximum Gasteiger partial charge on any atom is 0.289 e. The number of ether oxygens (including phenoxy) is 1. The van der Waals surface area contributed by atoms with E-state index in [1.54, 1.807) is 6.07 Å². The van der Waals surface area contributed by atoms with Crippen LogP contribution >= 0.6 is 0 Å². The van der Waals surface area contributed by atoms with Crippen molar-refractivity contribution in [2.24, 2.45) is 0 Å². The second kappa shape index (κ2) is 8.88. The fourth-order valence-corrected chi connectivity index (χ4v) is 3.94. The number of carbonyl (C=O) groups excluding carboxylic acids is 1. The highest BCUT2D eigenvalue weighted by Gasteiger charge is 2.23. The SMILES string of the molecule is CN1CCN(C(=O)c2ccc(Cn3nc(OCc4ccccc4)c4ccccc43)o2)CC1. The molecule has 32 heavy (non-hydrogen) atoms. The molecule has 1 saturated heterocycles. The average molecular weight is 431 g/mol. The summed E-state index contributed by atoms with van der Waals surface area (Å²) in [6.45, 7) is 4.07. The Hall–Kier alpha value is -3.58. The minimum atomic E-state index is -0.0541. The molecule has 0 N–H and O–H groups in total. The zero-order valence-corrected chi connectivity index (χ0v) is 18.1. The summed E-state index contributed by atoms with van der Waals surface area (Å²) in [6.07, 6.45) is 0. The summed E-state index contributed by atoms with van der Waals surface area (Å²) < 4.78 is 13.8. The molecule has 0 saturated carbocycles. The molecular formula is C25H26N4O3. The summed E-state index contributed by atoms with van der Waals surface area (Å²) in [7, 11) is 2.07. The van der Waals surface area contributed by atoms with Gasteiger partial charge in [0.15, 0.2) is 5.76 Å². The van der Waals surface area contributed by atoms with E-state index < -0.39 is 0 Å². The molecule has 0 aliphatic carbocycles. The molecule has 0 spiro atoms. The van der Waals surface area contributed by atoms with E-state index in [2.05, 4.69) is 17.0 Å². The number of carbonyl (C=O) groups is 1. The highest BCUT2D eigenvalue weighted by molar-refractivity contribution is 5.91. The lowest BCUT2D eigenvalue weighted by Crippen LogP contribution is -2.47. The number of likely N-dealkylation sites (N-methyl/N-ethyl adjacent to an activating group) is 1. The van der Waals surface area contributed by atoms with Crippen molar-refractivity contribution < 1.29 is 13.9 Å². The normalized spacial score (nSPS) is 14.7. The zero-order chi connectivity index (χ0) is 21.9. The molecule has 0 unspecified atom stereocenters. The van der Waals surface area contributed by atoms with Crippen LogP contribution in [0.3, 0.4) is 0 Å². The first-order chi connectivity index (χ1) is 15.7. The van der Waals surface area contributed by atoms with Crippen LogP contribution in [0.1, 0.15) is 21.9 Å². The van der Waals surface area contributed by atoms with Crippen LogP contribution in [0, 0.1) is 0 Å². The molecule has 2 aromatic heterocycles. The van der Waals surface area contributed by atoms with E-state index in [-0.39, 0.29) is 5.91 Å². The summed E-state index contributed by atoms with van der Waals surface area (Å²) >= 11 is 0. The Morgan fingerprint density at radius 1 is 0.969 bits per heavy atom. The van der Waals surface area contributed by atoms with Crippen LogP contribution in [0.25, 0.3) is 10.9 Å². The van der Waals surface area contributed by atoms with Gasteiger partial charge in [-0.1, -0.05) is 42.5 Å². The third-order valence-electron chi connectivity index (χ3n) is 5.81. The molecule has 3 heterocycles. The van der Waals surface area contributed by atoms with E-state index in [0.29, 0.717) is 30.6 Å². The van der Waals surface area contributed by atoms with Crippen molar-refractivity contribution in [3.63, 3.8) is 0 Å². The Bertz CT molecular complexity index is 1210. The van der Waals surface area contributed by atoms with E-state index in [9.17, 15) is 4.79 Å². The number of nitrogens with zero attached hydrogens (tertiary/aromatic N) is 4. The number of piperazine rings is 1. The van der Waals surface area contributed by atoms with Gasteiger partial charge in [-0.15, -0.1) is 5.10 Å². The molecule has 4 aromatic rings. The first-order valence-corrected chi connectivity index (χ1v) is 10.9. The van der Waals surface area contributed by atoms with Crippen molar-refractivity contribution in [3.8, 4) is 5.88 Å². The number of aromatic nitrogens is 2. The number of hydrogen-bond acceptors (Lipinski definition) is 5. The van der Waals surface area contributed by atoms with Gasteiger partial charge in [-0.05, 0) is 36.9 Å². The summed E-state index contributed by atoms with van der Waals surface area (Å²) in [4.78, 5) is 16.8. The Morgan fingerprint density at radius 3 is 2.53 bits per heavy atom. The molecule has 5 rings (SSSR count). The number of amides is 1. The molecular weight excluding hydrogens is 404 g/mol. The van der Waals surface area contributed by atoms with Crippen LogP contribution in [-0.4, -0.2) is 58.7 Å². The van der Waals surface area contributed by atoms with Crippen LogP contribution in [0.5, 0.6) is 5.88 Å². The highest BCUT2D eigenvalue weighted by atomic mass is 16.5. The van der Waals surface area contributed by atoms with Crippen molar-refractivity contribution in [1.29, 1.82) is 0 Å². The van der Waals surface area contributed by atoms with Gasteiger partial charge in [0.25, 0.3) is 5.91 Å². The summed E-state index contributed by atoms with van der Waals surface area (Å²) in [5, 5.41) is 5.63. The lowest BCUT2D eigenvalue weighted by Gasteiger charge is -2.31. The molecule has 0 bridgehead atoms. The molecule has 1 aliphatic heterocycles. The van der Waals surface area contributed by atoms with Crippen LogP contribution in [0.4, 0.5) is 0 Å². The largest absolute Gasteiger partial charge is 0.471 e. The van der Waals surface area contributed by atoms with Gasteiger partial charge >= 0.3 is 0 Å². The molecule has 164 valence electrons. The fraction of sp³-hybridized carbons (Fsp3) is 0.280. The Morgan fingerprint density at radius 2 is 1.72 bits per heavy atom. The van der Waals surface area contributed by atoms with Crippen LogP contribution in [0.15, 0.2) is 71.1 Å². The van der Waals surface area contributed by atoms with Crippen LogP contribution in [-0.2, 0) is 13.2 Å². The van der Waals surface area contributed by atoms with Gasteiger partial charge in [0.05, 0.1) is 17.4 Å². The van der Waals surface area contributed by atoms with E-state index in [4.69, 9.17) is 9.15 Å². The summed E-state index contributed by atoms with van der Waals surface area (Å²) in [5.41, 5.74) is 2.04. The molecule has 0 atom stereocenters. The quantitative estimate of drug-likeness (QED) is 0.467. The molecule has 1 aliphatic rings. The van der Waals surface area contributed by atoms with Gasteiger partial charge in [-0.2, -0.15) is 0 Å². The third kappa shape index (κ3) is 4.24. The van der Waals surface area contributed by atoms with Gasteiger partial charge < -0.3 is 19.0 Å². The van der Waals surface area contributed by atoms with Crippen LogP contribution in [0.2, 0.25) is 0 Å². The third-order valence-corrected chi connectivity index (χ3v) is 5.81.